The summed E-state index contributed by atoms with van der Waals surface area (Å²) in [7, 11) is 0. The van der Waals surface area contributed by atoms with Gasteiger partial charge in [0.1, 0.15) is 5.82 Å². The standard InChI is InChI=1S/C27H35N5O2S/c1-22-9-5-6-12-24(22)32-25(21-23-10-3-2-4-11-23)29-30-27(32)35-20-8-7-13-26(33)28-14-15-31-16-18-34-19-17-31/h2-6,9-12H,7-8,13-21H2,1H3,(H,28,33). The lowest BCUT2D eigenvalue weighted by Crippen LogP contribution is -2.41. The highest BCUT2D eigenvalue weighted by Gasteiger charge is 2.16. The molecule has 0 spiro atoms. The van der Waals surface area contributed by atoms with Crippen LogP contribution < -0.4 is 5.32 Å². The van der Waals surface area contributed by atoms with Gasteiger partial charge in [0, 0.05) is 44.8 Å². The Bertz CT molecular complexity index is 1070. The highest BCUT2D eigenvalue weighted by molar-refractivity contribution is 7.99. The molecule has 1 fully saturated rings. The van der Waals surface area contributed by atoms with E-state index in [2.05, 4.69) is 80.4 Å². The number of para-hydroxylation sites is 1. The molecule has 1 aliphatic heterocycles. The Labute approximate surface area is 212 Å². The molecule has 0 radical (unpaired) electrons. The van der Waals surface area contributed by atoms with Crippen molar-refractivity contribution in [3.05, 3.63) is 71.5 Å². The van der Waals surface area contributed by atoms with Gasteiger partial charge in [-0.15, -0.1) is 10.2 Å². The molecular weight excluding hydrogens is 458 g/mol. The van der Waals surface area contributed by atoms with E-state index in [0.29, 0.717) is 13.0 Å². The second-order valence-corrected chi connectivity index (χ2v) is 9.85. The number of amides is 1. The normalized spacial score (nSPS) is 14.2. The van der Waals surface area contributed by atoms with Gasteiger partial charge in [-0.1, -0.05) is 60.3 Å². The number of hydrogen-bond acceptors (Lipinski definition) is 6. The average Bonchev–Trinajstić information content (AvgIpc) is 3.27. The Morgan fingerprint density at radius 3 is 2.60 bits per heavy atom. The molecular formula is C27H35N5O2S. The summed E-state index contributed by atoms with van der Waals surface area (Å²) in [6, 6.07) is 18.7. The Morgan fingerprint density at radius 2 is 1.80 bits per heavy atom. The molecule has 0 atom stereocenters. The van der Waals surface area contributed by atoms with Crippen LogP contribution in [0, 0.1) is 6.92 Å². The molecule has 0 unspecified atom stereocenters. The summed E-state index contributed by atoms with van der Waals surface area (Å²) in [4.78, 5) is 14.5. The maximum absolute atomic E-state index is 12.2. The van der Waals surface area contributed by atoms with E-state index in [1.807, 2.05) is 6.07 Å². The lowest BCUT2D eigenvalue weighted by molar-refractivity contribution is -0.121. The van der Waals surface area contributed by atoms with Crippen LogP contribution in [0.2, 0.25) is 0 Å². The fraction of sp³-hybridized carbons (Fsp3) is 0.444. The van der Waals surface area contributed by atoms with Crippen LogP contribution in [0.3, 0.4) is 0 Å². The second-order valence-electron chi connectivity index (χ2n) is 8.79. The third kappa shape index (κ3) is 7.65. The first-order valence-corrected chi connectivity index (χ1v) is 13.4. The number of hydrogen-bond donors (Lipinski definition) is 1. The fourth-order valence-electron chi connectivity index (χ4n) is 4.16. The summed E-state index contributed by atoms with van der Waals surface area (Å²) in [5.41, 5.74) is 3.52. The molecule has 1 aliphatic rings. The van der Waals surface area contributed by atoms with E-state index >= 15 is 0 Å². The number of ether oxygens (including phenoxy) is 1. The van der Waals surface area contributed by atoms with Crippen LogP contribution >= 0.6 is 11.8 Å². The second kappa shape index (κ2) is 13.4. The van der Waals surface area contributed by atoms with E-state index in [1.54, 1.807) is 11.8 Å². The number of nitrogens with one attached hydrogen (secondary N) is 1. The predicted octanol–water partition coefficient (Wildman–Crippen LogP) is 3.88. The molecule has 186 valence electrons. The molecule has 1 N–H and O–H groups in total. The number of aromatic nitrogens is 3. The van der Waals surface area contributed by atoms with Crippen molar-refractivity contribution < 1.29 is 9.53 Å². The van der Waals surface area contributed by atoms with Crippen molar-refractivity contribution >= 4 is 17.7 Å². The zero-order valence-electron chi connectivity index (χ0n) is 20.5. The lowest BCUT2D eigenvalue weighted by Gasteiger charge is -2.26. The van der Waals surface area contributed by atoms with E-state index in [1.165, 1.54) is 11.1 Å². The van der Waals surface area contributed by atoms with E-state index in [-0.39, 0.29) is 5.91 Å². The zero-order valence-corrected chi connectivity index (χ0v) is 21.3. The Morgan fingerprint density at radius 1 is 1.03 bits per heavy atom. The van der Waals surface area contributed by atoms with Crippen LogP contribution in [-0.2, 0) is 16.0 Å². The Kier molecular flexibility index (Phi) is 9.74. The predicted molar refractivity (Wildman–Crippen MR) is 140 cm³/mol. The Balaban J connectivity index is 1.27. The lowest BCUT2D eigenvalue weighted by atomic mass is 10.1. The minimum Gasteiger partial charge on any atom is -0.379 e. The van der Waals surface area contributed by atoms with Crippen molar-refractivity contribution in [2.24, 2.45) is 0 Å². The van der Waals surface area contributed by atoms with E-state index in [0.717, 1.165) is 74.5 Å². The summed E-state index contributed by atoms with van der Waals surface area (Å²) in [6.45, 7) is 7.20. The van der Waals surface area contributed by atoms with Gasteiger partial charge in [0.05, 0.1) is 18.9 Å². The van der Waals surface area contributed by atoms with Gasteiger partial charge in [-0.3, -0.25) is 14.3 Å². The van der Waals surface area contributed by atoms with Crippen molar-refractivity contribution in [1.29, 1.82) is 0 Å². The zero-order chi connectivity index (χ0) is 24.3. The Hall–Kier alpha value is -2.68. The molecule has 4 rings (SSSR count). The molecule has 8 heteroatoms. The number of benzene rings is 2. The van der Waals surface area contributed by atoms with E-state index in [9.17, 15) is 4.79 Å². The molecule has 2 heterocycles. The first kappa shape index (κ1) is 25.4. The average molecular weight is 494 g/mol. The number of rotatable bonds is 12. The fourth-order valence-corrected chi connectivity index (χ4v) is 5.12. The molecule has 0 bridgehead atoms. The van der Waals surface area contributed by atoms with Gasteiger partial charge in [-0.25, -0.2) is 0 Å². The van der Waals surface area contributed by atoms with Gasteiger partial charge in [-0.2, -0.15) is 0 Å². The van der Waals surface area contributed by atoms with Crippen molar-refractivity contribution in [2.75, 3.05) is 45.1 Å². The van der Waals surface area contributed by atoms with Crippen LogP contribution in [0.15, 0.2) is 59.8 Å². The number of aryl methyl sites for hydroxylation is 1. The summed E-state index contributed by atoms with van der Waals surface area (Å²) in [5.74, 6) is 1.97. The maximum atomic E-state index is 12.2. The molecule has 35 heavy (non-hydrogen) atoms. The number of nitrogens with zero attached hydrogens (tertiary/aromatic N) is 4. The minimum atomic E-state index is 0.136. The first-order valence-electron chi connectivity index (χ1n) is 12.4. The largest absolute Gasteiger partial charge is 0.379 e. The summed E-state index contributed by atoms with van der Waals surface area (Å²) >= 11 is 1.71. The van der Waals surface area contributed by atoms with Gasteiger partial charge in [0.25, 0.3) is 0 Å². The van der Waals surface area contributed by atoms with Gasteiger partial charge in [0.2, 0.25) is 5.91 Å². The summed E-state index contributed by atoms with van der Waals surface area (Å²) in [6.07, 6.45) is 3.11. The van der Waals surface area contributed by atoms with E-state index < -0.39 is 0 Å². The van der Waals surface area contributed by atoms with Crippen LogP contribution in [-0.4, -0.2) is 70.7 Å². The molecule has 1 aromatic heterocycles. The first-order chi connectivity index (χ1) is 17.2. The van der Waals surface area contributed by atoms with Crippen molar-refractivity contribution in [3.8, 4) is 5.69 Å². The summed E-state index contributed by atoms with van der Waals surface area (Å²) < 4.78 is 7.55. The third-order valence-corrected chi connectivity index (χ3v) is 7.16. The molecule has 2 aromatic carbocycles. The number of unbranched alkanes of at least 4 members (excludes halogenated alkanes) is 1. The van der Waals surface area contributed by atoms with Crippen LogP contribution in [0.5, 0.6) is 0 Å². The maximum Gasteiger partial charge on any atom is 0.220 e. The van der Waals surface area contributed by atoms with Gasteiger partial charge in [0.15, 0.2) is 5.16 Å². The van der Waals surface area contributed by atoms with Crippen LogP contribution in [0.25, 0.3) is 5.69 Å². The minimum absolute atomic E-state index is 0.136. The highest BCUT2D eigenvalue weighted by Crippen LogP contribution is 2.26. The monoisotopic (exact) mass is 493 g/mol. The van der Waals surface area contributed by atoms with Crippen LogP contribution in [0.1, 0.15) is 36.2 Å². The van der Waals surface area contributed by atoms with Gasteiger partial charge < -0.3 is 10.1 Å². The SMILES string of the molecule is Cc1ccccc1-n1c(Cc2ccccc2)nnc1SCCCCC(=O)NCCN1CCOCC1. The number of morpholine rings is 1. The topological polar surface area (TPSA) is 72.3 Å². The smallest absolute Gasteiger partial charge is 0.220 e. The molecule has 3 aromatic rings. The number of carbonyl (C=O) groups is 1. The van der Waals surface area contributed by atoms with Gasteiger partial charge in [-0.05, 0) is 37.0 Å². The van der Waals surface area contributed by atoms with Crippen molar-refractivity contribution in [2.45, 2.75) is 37.8 Å². The molecule has 1 amide bonds. The third-order valence-electron chi connectivity index (χ3n) is 6.15. The molecule has 0 aliphatic carbocycles. The van der Waals surface area contributed by atoms with Gasteiger partial charge >= 0.3 is 0 Å². The number of carbonyl (C=O) groups excluding carboxylic acids is 1. The summed E-state index contributed by atoms with van der Waals surface area (Å²) in [5, 5.41) is 13.0. The molecule has 0 saturated carbocycles. The van der Waals surface area contributed by atoms with Crippen molar-refractivity contribution in [1.82, 2.24) is 25.0 Å². The van der Waals surface area contributed by atoms with Crippen molar-refractivity contribution in [3.63, 3.8) is 0 Å². The molecule has 7 nitrogen and oxygen atoms in total. The quantitative estimate of drug-likeness (QED) is 0.305. The van der Waals surface area contributed by atoms with Crippen LogP contribution in [0.4, 0.5) is 0 Å². The highest BCUT2D eigenvalue weighted by atomic mass is 32.2. The molecule has 1 saturated heterocycles. The number of thioether (sulfide) groups is 1. The van der Waals surface area contributed by atoms with E-state index in [4.69, 9.17) is 4.74 Å².